The van der Waals surface area contributed by atoms with Crippen molar-refractivity contribution in [3.63, 3.8) is 0 Å². The molecule has 1 saturated heterocycles. The summed E-state index contributed by atoms with van der Waals surface area (Å²) in [6.45, 7) is 6.69. The van der Waals surface area contributed by atoms with Gasteiger partial charge < -0.3 is 15.0 Å². The lowest BCUT2D eigenvalue weighted by Gasteiger charge is -2.29. The summed E-state index contributed by atoms with van der Waals surface area (Å²) in [4.78, 5) is 14.6. The highest BCUT2D eigenvalue weighted by Gasteiger charge is 2.24. The van der Waals surface area contributed by atoms with Crippen LogP contribution in [0.2, 0.25) is 0 Å². The minimum Gasteiger partial charge on any atom is -0.494 e. The summed E-state index contributed by atoms with van der Waals surface area (Å²) in [6, 6.07) is 7.98. The number of nitrogens with one attached hydrogen (secondary N) is 1. The van der Waals surface area contributed by atoms with Gasteiger partial charge >= 0.3 is 0 Å². The average Bonchev–Trinajstić information content (AvgIpc) is 2.49. The molecule has 1 aromatic carbocycles. The summed E-state index contributed by atoms with van der Waals surface area (Å²) in [6.07, 6.45) is 1.91. The molecule has 2 rings (SSSR count). The molecule has 1 aromatic rings. The Balaban J connectivity index is 1.88. The van der Waals surface area contributed by atoms with Crippen molar-refractivity contribution in [2.45, 2.75) is 32.7 Å². The molecule has 1 fully saturated rings. The van der Waals surface area contributed by atoms with Gasteiger partial charge in [-0.3, -0.25) is 4.79 Å². The van der Waals surface area contributed by atoms with Gasteiger partial charge in [0, 0.05) is 5.92 Å². The molecule has 4 nitrogen and oxygen atoms in total. The van der Waals surface area contributed by atoms with Crippen LogP contribution in [0.3, 0.4) is 0 Å². The fraction of sp³-hybridized carbons (Fsp3) is 0.588. The largest absolute Gasteiger partial charge is 0.494 e. The number of hydrogen-bond acceptors (Lipinski definition) is 3. The van der Waals surface area contributed by atoms with Gasteiger partial charge in [0.15, 0.2) is 0 Å². The molecular weight excluding hydrogens is 264 g/mol. The number of ether oxygens (including phenoxy) is 1. The molecule has 0 aromatic heterocycles. The van der Waals surface area contributed by atoms with Gasteiger partial charge in [-0.25, -0.2) is 0 Å². The molecule has 4 heteroatoms. The van der Waals surface area contributed by atoms with Crippen LogP contribution in [0.1, 0.15) is 38.3 Å². The molecule has 0 aliphatic carbocycles. The Morgan fingerprint density at radius 3 is 2.52 bits per heavy atom. The summed E-state index contributed by atoms with van der Waals surface area (Å²) in [5.74, 6) is 1.21. The van der Waals surface area contributed by atoms with Crippen molar-refractivity contribution in [2.75, 3.05) is 26.7 Å². The van der Waals surface area contributed by atoms with Gasteiger partial charge in [0.2, 0.25) is 5.91 Å². The number of amides is 1. The van der Waals surface area contributed by atoms with Gasteiger partial charge in [0.25, 0.3) is 0 Å². The molecule has 0 saturated carbocycles. The van der Waals surface area contributed by atoms with E-state index in [0.29, 0.717) is 6.61 Å². The SMILES string of the molecule is CCOc1ccc([C@@H](C)NC(=O)C2CCN(C)CC2)cc1. The fourth-order valence-electron chi connectivity index (χ4n) is 2.70. The zero-order chi connectivity index (χ0) is 15.2. The van der Waals surface area contributed by atoms with Crippen LogP contribution < -0.4 is 10.1 Å². The smallest absolute Gasteiger partial charge is 0.223 e. The first-order chi connectivity index (χ1) is 10.1. The monoisotopic (exact) mass is 290 g/mol. The highest BCUT2D eigenvalue weighted by atomic mass is 16.5. The van der Waals surface area contributed by atoms with Crippen molar-refractivity contribution in [1.29, 1.82) is 0 Å². The fourth-order valence-corrected chi connectivity index (χ4v) is 2.70. The van der Waals surface area contributed by atoms with Gasteiger partial charge in [-0.05, 0) is 64.5 Å². The van der Waals surface area contributed by atoms with E-state index < -0.39 is 0 Å². The minimum atomic E-state index is 0.0350. The summed E-state index contributed by atoms with van der Waals surface area (Å²) in [5, 5.41) is 3.13. The van der Waals surface area contributed by atoms with Gasteiger partial charge in [0.1, 0.15) is 5.75 Å². The number of benzene rings is 1. The topological polar surface area (TPSA) is 41.6 Å². The third-order valence-corrected chi connectivity index (χ3v) is 4.14. The molecule has 0 spiro atoms. The third kappa shape index (κ3) is 4.46. The molecule has 0 radical (unpaired) electrons. The zero-order valence-corrected chi connectivity index (χ0v) is 13.3. The standard InChI is InChI=1S/C17H26N2O2/c1-4-21-16-7-5-14(6-8-16)13(2)18-17(20)15-9-11-19(3)12-10-15/h5-8,13,15H,4,9-12H2,1-3H3,(H,18,20)/t13-/m1/s1. The molecule has 1 amide bonds. The highest BCUT2D eigenvalue weighted by molar-refractivity contribution is 5.79. The molecule has 1 aliphatic heterocycles. The highest BCUT2D eigenvalue weighted by Crippen LogP contribution is 2.20. The van der Waals surface area contributed by atoms with Crippen LogP contribution in [0.25, 0.3) is 0 Å². The van der Waals surface area contributed by atoms with Crippen LogP contribution in [-0.4, -0.2) is 37.6 Å². The van der Waals surface area contributed by atoms with Crippen LogP contribution in [0.4, 0.5) is 0 Å². The quantitative estimate of drug-likeness (QED) is 0.906. The number of carbonyl (C=O) groups is 1. The van der Waals surface area contributed by atoms with E-state index in [0.717, 1.165) is 37.2 Å². The van der Waals surface area contributed by atoms with Gasteiger partial charge in [-0.15, -0.1) is 0 Å². The second-order valence-corrected chi connectivity index (χ2v) is 5.81. The Morgan fingerprint density at radius 1 is 1.33 bits per heavy atom. The first-order valence-corrected chi connectivity index (χ1v) is 7.81. The summed E-state index contributed by atoms with van der Waals surface area (Å²) in [5.41, 5.74) is 1.11. The number of carbonyl (C=O) groups excluding carboxylic acids is 1. The molecule has 1 atom stereocenters. The van der Waals surface area contributed by atoms with Crippen molar-refractivity contribution in [2.24, 2.45) is 5.92 Å². The van der Waals surface area contributed by atoms with E-state index in [1.807, 2.05) is 38.1 Å². The predicted molar refractivity (Wildman–Crippen MR) is 84.4 cm³/mol. The second-order valence-electron chi connectivity index (χ2n) is 5.81. The molecule has 1 aliphatic rings. The number of hydrogen-bond donors (Lipinski definition) is 1. The lowest BCUT2D eigenvalue weighted by molar-refractivity contribution is -0.127. The number of piperidine rings is 1. The Morgan fingerprint density at radius 2 is 1.95 bits per heavy atom. The molecule has 21 heavy (non-hydrogen) atoms. The van der Waals surface area contributed by atoms with E-state index in [1.165, 1.54) is 0 Å². The maximum Gasteiger partial charge on any atom is 0.223 e. The Kier molecular flexibility index (Phi) is 5.62. The van der Waals surface area contributed by atoms with E-state index >= 15 is 0 Å². The van der Waals surface area contributed by atoms with Crippen LogP contribution >= 0.6 is 0 Å². The third-order valence-electron chi connectivity index (χ3n) is 4.14. The van der Waals surface area contributed by atoms with Crippen LogP contribution in [-0.2, 0) is 4.79 Å². The first kappa shape index (κ1) is 15.8. The van der Waals surface area contributed by atoms with Crippen molar-refractivity contribution >= 4 is 5.91 Å². The lowest BCUT2D eigenvalue weighted by Crippen LogP contribution is -2.39. The van der Waals surface area contributed by atoms with E-state index in [-0.39, 0.29) is 17.9 Å². The maximum absolute atomic E-state index is 12.3. The van der Waals surface area contributed by atoms with Crippen molar-refractivity contribution in [3.8, 4) is 5.75 Å². The molecule has 116 valence electrons. The van der Waals surface area contributed by atoms with Crippen LogP contribution in [0, 0.1) is 5.92 Å². The Bertz CT molecular complexity index is 450. The van der Waals surface area contributed by atoms with Gasteiger partial charge in [0.05, 0.1) is 12.6 Å². The number of nitrogens with zero attached hydrogens (tertiary/aromatic N) is 1. The zero-order valence-electron chi connectivity index (χ0n) is 13.3. The Hall–Kier alpha value is -1.55. The van der Waals surface area contributed by atoms with Gasteiger partial charge in [-0.1, -0.05) is 12.1 Å². The Labute approximate surface area is 127 Å². The predicted octanol–water partition coefficient (Wildman–Crippen LogP) is 2.60. The van der Waals surface area contributed by atoms with E-state index in [9.17, 15) is 4.79 Å². The van der Waals surface area contributed by atoms with E-state index in [1.54, 1.807) is 0 Å². The minimum absolute atomic E-state index is 0.0350. The summed E-state index contributed by atoms with van der Waals surface area (Å²) >= 11 is 0. The second kappa shape index (κ2) is 7.46. The maximum atomic E-state index is 12.3. The normalized spacial score (nSPS) is 18.2. The van der Waals surface area contributed by atoms with Crippen molar-refractivity contribution in [3.05, 3.63) is 29.8 Å². The molecule has 0 unspecified atom stereocenters. The lowest BCUT2D eigenvalue weighted by atomic mass is 9.95. The molecule has 1 N–H and O–H groups in total. The molecule has 1 heterocycles. The van der Waals surface area contributed by atoms with Crippen LogP contribution in [0.5, 0.6) is 5.75 Å². The molecular formula is C17H26N2O2. The molecule has 0 bridgehead atoms. The van der Waals surface area contributed by atoms with Crippen molar-refractivity contribution in [1.82, 2.24) is 10.2 Å². The van der Waals surface area contributed by atoms with E-state index in [2.05, 4.69) is 17.3 Å². The van der Waals surface area contributed by atoms with E-state index in [4.69, 9.17) is 4.74 Å². The summed E-state index contributed by atoms with van der Waals surface area (Å²) < 4.78 is 5.43. The van der Waals surface area contributed by atoms with Crippen molar-refractivity contribution < 1.29 is 9.53 Å². The average molecular weight is 290 g/mol. The number of rotatable bonds is 5. The summed E-state index contributed by atoms with van der Waals surface area (Å²) in [7, 11) is 2.11. The van der Waals surface area contributed by atoms with Gasteiger partial charge in [-0.2, -0.15) is 0 Å². The number of likely N-dealkylation sites (tertiary alicyclic amines) is 1. The first-order valence-electron chi connectivity index (χ1n) is 7.81. The van der Waals surface area contributed by atoms with Crippen LogP contribution in [0.15, 0.2) is 24.3 Å².